The Morgan fingerprint density at radius 1 is 0.974 bits per heavy atom. The van der Waals surface area contributed by atoms with Gasteiger partial charge in [-0.05, 0) is 52.8 Å². The minimum Gasteiger partial charge on any atom is -0.448 e. The molecule has 6 rings (SSSR count). The number of rotatable bonds is 5. The van der Waals surface area contributed by atoms with Gasteiger partial charge in [-0.25, -0.2) is 9.18 Å². The summed E-state index contributed by atoms with van der Waals surface area (Å²) in [4.78, 5) is 28.6. The van der Waals surface area contributed by atoms with Crippen molar-refractivity contribution in [2.45, 2.75) is 37.3 Å². The van der Waals surface area contributed by atoms with E-state index < -0.39 is 11.9 Å². The van der Waals surface area contributed by atoms with E-state index in [9.17, 15) is 14.0 Å². The number of nitrogens with zero attached hydrogens (tertiary/aromatic N) is 2. The zero-order valence-corrected chi connectivity index (χ0v) is 20.8. The topological polar surface area (TPSA) is 79.6 Å². The summed E-state index contributed by atoms with van der Waals surface area (Å²) in [5, 5.41) is 9.14. The number of carbonyl (C=O) groups excluding carboxylic acids is 2. The number of hydrogen-bond acceptors (Lipinski definition) is 5. The first-order valence-corrected chi connectivity index (χ1v) is 13.0. The molecule has 2 aliphatic heterocycles. The second kappa shape index (κ2) is 10.0. The van der Waals surface area contributed by atoms with Gasteiger partial charge in [0.25, 0.3) is 0 Å². The third kappa shape index (κ3) is 4.25. The number of hydrogen-bond donors (Lipinski definition) is 0. The predicted octanol–water partition coefficient (Wildman–Crippen LogP) is 5.50. The lowest BCUT2D eigenvalue weighted by atomic mass is 9.80. The van der Waals surface area contributed by atoms with Gasteiger partial charge in [-0.15, -0.1) is 0 Å². The van der Waals surface area contributed by atoms with Crippen molar-refractivity contribution in [1.29, 1.82) is 5.26 Å². The summed E-state index contributed by atoms with van der Waals surface area (Å²) in [6, 6.07) is 21.8. The molecule has 0 radical (unpaired) electrons. The molecule has 3 aliphatic rings. The maximum absolute atomic E-state index is 14.0. The number of morpholine rings is 1. The van der Waals surface area contributed by atoms with Crippen LogP contribution in [0, 0.1) is 23.1 Å². The maximum atomic E-state index is 14.0. The molecule has 6 nitrogen and oxygen atoms in total. The molecule has 0 N–H and O–H groups in total. The van der Waals surface area contributed by atoms with Crippen LogP contribution in [0.3, 0.4) is 0 Å². The smallest absolute Gasteiger partial charge is 0.410 e. The third-order valence-corrected chi connectivity index (χ3v) is 8.04. The van der Waals surface area contributed by atoms with Gasteiger partial charge in [-0.3, -0.25) is 9.69 Å². The normalized spacial score (nSPS) is 21.8. The SMILES string of the molecule is N#CCc1ccc(F)cc1C(=O)C1CC2COCC(C1)N2C(=O)OCC1c2ccccc2-c2ccccc21. The summed E-state index contributed by atoms with van der Waals surface area (Å²) in [7, 11) is 0. The van der Waals surface area contributed by atoms with Crippen molar-refractivity contribution >= 4 is 11.9 Å². The third-order valence-electron chi connectivity index (χ3n) is 8.04. The van der Waals surface area contributed by atoms with Gasteiger partial charge in [0.1, 0.15) is 12.4 Å². The Morgan fingerprint density at radius 3 is 2.24 bits per heavy atom. The molecule has 2 saturated heterocycles. The van der Waals surface area contributed by atoms with Gasteiger partial charge in [-0.2, -0.15) is 5.26 Å². The Hall–Kier alpha value is -4.02. The molecule has 1 amide bonds. The average molecular weight is 511 g/mol. The van der Waals surface area contributed by atoms with E-state index in [0.717, 1.165) is 11.1 Å². The fourth-order valence-electron chi connectivity index (χ4n) is 6.33. The summed E-state index contributed by atoms with van der Waals surface area (Å²) < 4.78 is 25.7. The molecule has 2 fully saturated rings. The number of nitriles is 1. The molecule has 192 valence electrons. The molecule has 2 bridgehead atoms. The van der Waals surface area contributed by atoms with E-state index in [4.69, 9.17) is 14.7 Å². The molecule has 3 aromatic rings. The van der Waals surface area contributed by atoms with Crippen LogP contribution in [0.2, 0.25) is 0 Å². The first-order valence-electron chi connectivity index (χ1n) is 13.0. The lowest BCUT2D eigenvalue weighted by Crippen LogP contribution is -2.60. The fourth-order valence-corrected chi connectivity index (χ4v) is 6.33. The Labute approximate surface area is 220 Å². The van der Waals surface area contributed by atoms with Crippen molar-refractivity contribution in [3.8, 4) is 17.2 Å². The van der Waals surface area contributed by atoms with Crippen LogP contribution in [-0.4, -0.2) is 48.7 Å². The van der Waals surface area contributed by atoms with Gasteiger partial charge >= 0.3 is 6.09 Å². The molecule has 38 heavy (non-hydrogen) atoms. The average Bonchev–Trinajstić information content (AvgIpc) is 3.25. The second-order valence-corrected chi connectivity index (χ2v) is 10.2. The molecule has 7 heteroatoms. The van der Waals surface area contributed by atoms with Crippen LogP contribution in [0.1, 0.15) is 45.8 Å². The highest BCUT2D eigenvalue weighted by Gasteiger charge is 2.45. The number of ketones is 1. The van der Waals surface area contributed by atoms with E-state index in [1.54, 1.807) is 4.90 Å². The van der Waals surface area contributed by atoms with E-state index in [1.165, 1.54) is 29.3 Å². The Bertz CT molecular complexity index is 1390. The van der Waals surface area contributed by atoms with Crippen LogP contribution in [0.25, 0.3) is 11.1 Å². The maximum Gasteiger partial charge on any atom is 0.410 e. The number of benzene rings is 3. The van der Waals surface area contributed by atoms with E-state index in [1.807, 2.05) is 30.3 Å². The molecule has 2 atom stereocenters. The van der Waals surface area contributed by atoms with Crippen LogP contribution < -0.4 is 0 Å². The highest BCUT2D eigenvalue weighted by molar-refractivity contribution is 5.99. The van der Waals surface area contributed by atoms with Crippen molar-refractivity contribution in [2.75, 3.05) is 19.8 Å². The van der Waals surface area contributed by atoms with E-state index >= 15 is 0 Å². The molecule has 2 heterocycles. The lowest BCUT2D eigenvalue weighted by Gasteiger charge is -2.47. The van der Waals surface area contributed by atoms with Gasteiger partial charge in [0, 0.05) is 17.4 Å². The largest absolute Gasteiger partial charge is 0.448 e. The summed E-state index contributed by atoms with van der Waals surface area (Å²) in [5.41, 5.74) is 5.42. The van der Waals surface area contributed by atoms with E-state index in [2.05, 4.69) is 24.3 Å². The molecule has 2 unspecified atom stereocenters. The van der Waals surface area contributed by atoms with E-state index in [0.29, 0.717) is 31.6 Å². The van der Waals surface area contributed by atoms with Crippen molar-refractivity contribution in [3.63, 3.8) is 0 Å². The number of ether oxygens (including phenoxy) is 2. The molecular weight excluding hydrogens is 483 g/mol. The van der Waals surface area contributed by atoms with Crippen LogP contribution in [0.4, 0.5) is 9.18 Å². The number of piperidine rings is 1. The summed E-state index contributed by atoms with van der Waals surface area (Å²) in [5.74, 6) is -1.10. The molecular formula is C31H27FN2O4. The number of fused-ring (bicyclic) bond motifs is 5. The van der Waals surface area contributed by atoms with E-state index in [-0.39, 0.29) is 48.3 Å². The summed E-state index contributed by atoms with van der Waals surface area (Å²) in [6.45, 7) is 0.865. The molecule has 0 saturated carbocycles. The number of carbonyl (C=O) groups is 2. The Balaban J connectivity index is 1.17. The van der Waals surface area contributed by atoms with Crippen molar-refractivity contribution in [2.24, 2.45) is 5.92 Å². The van der Waals surface area contributed by atoms with Gasteiger partial charge in [0.05, 0.1) is 37.8 Å². The zero-order valence-electron chi connectivity index (χ0n) is 20.8. The number of halogens is 1. The van der Waals surface area contributed by atoms with Crippen molar-refractivity contribution < 1.29 is 23.5 Å². The van der Waals surface area contributed by atoms with Crippen LogP contribution in [0.5, 0.6) is 0 Å². The molecule has 0 spiro atoms. The Morgan fingerprint density at radius 2 is 1.61 bits per heavy atom. The standard InChI is InChI=1S/C31H27FN2O4/c32-21-10-9-19(11-12-33)28(15-21)30(35)20-13-22-16-37-17-23(14-20)34(22)31(36)38-18-29-26-7-3-1-5-24(26)25-6-2-4-8-27(25)29/h1-10,15,20,22-23,29H,11,13-14,16-18H2. The van der Waals surface area contributed by atoms with Gasteiger partial charge in [0.15, 0.2) is 5.78 Å². The minimum atomic E-state index is -0.505. The minimum absolute atomic E-state index is 0.0342. The van der Waals surface area contributed by atoms with Crippen LogP contribution in [-0.2, 0) is 15.9 Å². The van der Waals surface area contributed by atoms with Crippen molar-refractivity contribution in [3.05, 3.63) is 94.8 Å². The number of amides is 1. The van der Waals surface area contributed by atoms with Crippen LogP contribution in [0.15, 0.2) is 66.7 Å². The number of Topliss-reactive ketones (excluding diaryl/α,β-unsaturated/α-hetero) is 1. The quantitative estimate of drug-likeness (QED) is 0.424. The van der Waals surface area contributed by atoms with Crippen LogP contribution >= 0.6 is 0 Å². The highest BCUT2D eigenvalue weighted by atomic mass is 19.1. The molecule has 3 aromatic carbocycles. The van der Waals surface area contributed by atoms with Gasteiger partial charge in [-0.1, -0.05) is 54.6 Å². The first kappa shape index (κ1) is 24.3. The predicted molar refractivity (Wildman–Crippen MR) is 138 cm³/mol. The molecule has 1 aliphatic carbocycles. The lowest BCUT2D eigenvalue weighted by molar-refractivity contribution is -0.0747. The first-order chi connectivity index (χ1) is 18.5. The van der Waals surface area contributed by atoms with Crippen molar-refractivity contribution in [1.82, 2.24) is 4.90 Å². The zero-order chi connectivity index (χ0) is 26.2. The highest BCUT2D eigenvalue weighted by Crippen LogP contribution is 2.45. The summed E-state index contributed by atoms with van der Waals surface area (Å²) in [6.07, 6.45) is 0.451. The monoisotopic (exact) mass is 510 g/mol. The molecule has 0 aromatic heterocycles. The second-order valence-electron chi connectivity index (χ2n) is 10.2. The summed E-state index contributed by atoms with van der Waals surface area (Å²) >= 11 is 0. The van der Waals surface area contributed by atoms with Gasteiger partial charge in [0.2, 0.25) is 0 Å². The Kier molecular flexibility index (Phi) is 6.42. The fraction of sp³-hybridized carbons (Fsp3) is 0.323. The van der Waals surface area contributed by atoms with Gasteiger partial charge < -0.3 is 9.47 Å².